The van der Waals surface area contributed by atoms with Gasteiger partial charge < -0.3 is 15.1 Å². The van der Waals surface area contributed by atoms with Gasteiger partial charge in [-0.15, -0.1) is 0 Å². The third kappa shape index (κ3) is 5.91. The maximum absolute atomic E-state index is 12.4. The summed E-state index contributed by atoms with van der Waals surface area (Å²) in [4.78, 5) is 15.7. The Kier molecular flexibility index (Phi) is 6.59. The lowest BCUT2D eigenvalue weighted by atomic mass is 10.1. The Balaban J connectivity index is 1.95. The molecule has 0 heterocycles. The summed E-state index contributed by atoms with van der Waals surface area (Å²) < 4.78 is 0. The summed E-state index contributed by atoms with van der Waals surface area (Å²) in [5.41, 5.74) is 5.65. The highest BCUT2D eigenvalue weighted by Gasteiger charge is 2.14. The van der Waals surface area contributed by atoms with Crippen LogP contribution in [0.4, 0.5) is 11.4 Å². The van der Waals surface area contributed by atoms with Crippen molar-refractivity contribution in [3.8, 4) is 0 Å². The molecule has 0 spiro atoms. The number of anilines is 2. The largest absolute Gasteiger partial charge is 0.378 e. The Bertz CT molecular complexity index is 687. The molecule has 0 aromatic heterocycles. The van der Waals surface area contributed by atoms with Crippen LogP contribution in [0.5, 0.6) is 0 Å². The summed E-state index contributed by atoms with van der Waals surface area (Å²) in [6, 6.07) is 14.7. The Hall–Kier alpha value is -2.33. The quantitative estimate of drug-likeness (QED) is 0.812. The van der Waals surface area contributed by atoms with Crippen molar-refractivity contribution in [2.45, 2.75) is 27.3 Å². The molecule has 0 saturated carbocycles. The Labute approximate surface area is 151 Å². The van der Waals surface area contributed by atoms with Gasteiger partial charge in [0.1, 0.15) is 6.54 Å². The van der Waals surface area contributed by atoms with Gasteiger partial charge in [0, 0.05) is 31.0 Å². The average molecular weight is 340 g/mol. The maximum atomic E-state index is 12.4. The number of aryl methyl sites for hydroxylation is 2. The van der Waals surface area contributed by atoms with Gasteiger partial charge in [-0.25, -0.2) is 0 Å². The number of amides is 1. The van der Waals surface area contributed by atoms with E-state index >= 15 is 0 Å². The molecule has 0 aliphatic heterocycles. The normalized spacial score (nSPS) is 11.9. The van der Waals surface area contributed by atoms with E-state index in [2.05, 4.69) is 47.5 Å². The van der Waals surface area contributed by atoms with Crippen LogP contribution in [0.15, 0.2) is 42.5 Å². The number of nitrogens with one attached hydrogen (secondary N) is 2. The van der Waals surface area contributed by atoms with Crippen molar-refractivity contribution >= 4 is 17.3 Å². The maximum Gasteiger partial charge on any atom is 0.279 e. The first-order chi connectivity index (χ1) is 11.9. The molecule has 0 aliphatic rings. The van der Waals surface area contributed by atoms with Crippen LogP contribution in [0.3, 0.4) is 0 Å². The number of rotatable bonds is 7. The van der Waals surface area contributed by atoms with Crippen molar-refractivity contribution in [3.05, 3.63) is 59.2 Å². The number of carbonyl (C=O) groups is 1. The summed E-state index contributed by atoms with van der Waals surface area (Å²) in [6.07, 6.45) is 0. The molecule has 4 nitrogen and oxygen atoms in total. The van der Waals surface area contributed by atoms with Gasteiger partial charge in [0.05, 0.1) is 6.54 Å². The van der Waals surface area contributed by atoms with Gasteiger partial charge in [-0.2, -0.15) is 0 Å². The van der Waals surface area contributed by atoms with Gasteiger partial charge in [-0.1, -0.05) is 18.2 Å². The van der Waals surface area contributed by atoms with Crippen LogP contribution in [0.25, 0.3) is 0 Å². The molecule has 0 saturated heterocycles. The molecule has 1 amide bonds. The lowest BCUT2D eigenvalue weighted by Crippen LogP contribution is -3.11. The zero-order valence-corrected chi connectivity index (χ0v) is 16.0. The van der Waals surface area contributed by atoms with Crippen LogP contribution in [0.1, 0.15) is 23.6 Å². The van der Waals surface area contributed by atoms with Gasteiger partial charge in [-0.3, -0.25) is 4.79 Å². The van der Waals surface area contributed by atoms with E-state index < -0.39 is 0 Å². The minimum Gasteiger partial charge on any atom is -0.378 e. The van der Waals surface area contributed by atoms with E-state index in [-0.39, 0.29) is 5.91 Å². The van der Waals surface area contributed by atoms with Crippen LogP contribution in [0.2, 0.25) is 0 Å². The molecule has 1 unspecified atom stereocenters. The number of hydrogen-bond donors (Lipinski definition) is 2. The lowest BCUT2D eigenvalue weighted by molar-refractivity contribution is -0.903. The molecule has 4 heteroatoms. The van der Waals surface area contributed by atoms with Crippen LogP contribution in [-0.4, -0.2) is 33.1 Å². The van der Waals surface area contributed by atoms with Crippen molar-refractivity contribution in [2.24, 2.45) is 0 Å². The molecule has 0 radical (unpaired) electrons. The van der Waals surface area contributed by atoms with E-state index in [1.54, 1.807) is 0 Å². The molecule has 0 aliphatic carbocycles. The molecular formula is C21H30N3O+. The SMILES string of the molecule is CC[NH+](CC(=O)Nc1cc(C)cc(C)c1)Cc1ccc(N(C)C)cc1. The first-order valence-corrected chi connectivity index (χ1v) is 8.85. The molecule has 0 fully saturated rings. The van der Waals surface area contributed by atoms with Crippen LogP contribution < -0.4 is 15.1 Å². The summed E-state index contributed by atoms with van der Waals surface area (Å²) >= 11 is 0. The first kappa shape index (κ1) is 19.0. The third-order valence-corrected chi connectivity index (χ3v) is 4.32. The number of likely N-dealkylation sites (N-methyl/N-ethyl adjacent to an activating group) is 1. The molecule has 2 aromatic rings. The fourth-order valence-electron chi connectivity index (χ4n) is 2.99. The Morgan fingerprint density at radius 2 is 1.64 bits per heavy atom. The summed E-state index contributed by atoms with van der Waals surface area (Å²) in [5.74, 6) is 0.0618. The summed E-state index contributed by atoms with van der Waals surface area (Å²) in [7, 11) is 4.08. The molecule has 2 aromatic carbocycles. The zero-order valence-electron chi connectivity index (χ0n) is 16.0. The van der Waals surface area contributed by atoms with Crippen molar-refractivity contribution in [1.29, 1.82) is 0 Å². The summed E-state index contributed by atoms with van der Waals surface area (Å²) in [5, 5.41) is 3.03. The third-order valence-electron chi connectivity index (χ3n) is 4.32. The highest BCUT2D eigenvalue weighted by Crippen LogP contribution is 2.13. The van der Waals surface area contributed by atoms with E-state index in [1.165, 1.54) is 16.2 Å². The van der Waals surface area contributed by atoms with Crippen molar-refractivity contribution in [2.75, 3.05) is 37.4 Å². The molecular weight excluding hydrogens is 310 g/mol. The minimum absolute atomic E-state index is 0.0618. The Morgan fingerprint density at radius 3 is 2.16 bits per heavy atom. The van der Waals surface area contributed by atoms with E-state index in [4.69, 9.17) is 0 Å². The van der Waals surface area contributed by atoms with E-state index in [9.17, 15) is 4.79 Å². The first-order valence-electron chi connectivity index (χ1n) is 8.85. The number of quaternary nitrogens is 1. The fraction of sp³-hybridized carbons (Fsp3) is 0.381. The van der Waals surface area contributed by atoms with Crippen LogP contribution in [-0.2, 0) is 11.3 Å². The van der Waals surface area contributed by atoms with E-state index in [0.717, 1.165) is 29.9 Å². The van der Waals surface area contributed by atoms with E-state index in [0.29, 0.717) is 6.54 Å². The highest BCUT2D eigenvalue weighted by molar-refractivity contribution is 5.91. The fourth-order valence-corrected chi connectivity index (χ4v) is 2.99. The van der Waals surface area contributed by atoms with Crippen LogP contribution >= 0.6 is 0 Å². The van der Waals surface area contributed by atoms with Gasteiger partial charge in [0.2, 0.25) is 0 Å². The molecule has 1 atom stereocenters. The standard InChI is InChI=1S/C21H29N3O/c1-6-24(14-18-7-9-20(10-8-18)23(4)5)15-21(25)22-19-12-16(2)11-17(3)13-19/h7-13H,6,14-15H2,1-5H3,(H,22,25)/p+1. The number of carbonyl (C=O) groups excluding carboxylic acids is 1. The van der Waals surface area contributed by atoms with Crippen LogP contribution in [0, 0.1) is 13.8 Å². The summed E-state index contributed by atoms with van der Waals surface area (Å²) in [6.45, 7) is 8.44. The monoisotopic (exact) mass is 340 g/mol. The topological polar surface area (TPSA) is 36.8 Å². The lowest BCUT2D eigenvalue weighted by Gasteiger charge is -2.18. The predicted octanol–water partition coefficient (Wildman–Crippen LogP) is 2.41. The van der Waals surface area contributed by atoms with Gasteiger partial charge in [0.15, 0.2) is 6.54 Å². The van der Waals surface area contributed by atoms with E-state index in [1.807, 2.05) is 40.1 Å². The van der Waals surface area contributed by atoms with Gasteiger partial charge in [0.25, 0.3) is 5.91 Å². The van der Waals surface area contributed by atoms with Crippen molar-refractivity contribution in [1.82, 2.24) is 0 Å². The second-order valence-electron chi connectivity index (χ2n) is 6.94. The molecule has 0 bridgehead atoms. The van der Waals surface area contributed by atoms with Crippen molar-refractivity contribution < 1.29 is 9.69 Å². The molecule has 25 heavy (non-hydrogen) atoms. The molecule has 2 rings (SSSR count). The molecule has 134 valence electrons. The number of nitrogens with zero attached hydrogens (tertiary/aromatic N) is 1. The van der Waals surface area contributed by atoms with Crippen molar-refractivity contribution in [3.63, 3.8) is 0 Å². The smallest absolute Gasteiger partial charge is 0.279 e. The predicted molar refractivity (Wildman–Crippen MR) is 105 cm³/mol. The number of benzene rings is 2. The number of hydrogen-bond acceptors (Lipinski definition) is 2. The second kappa shape index (κ2) is 8.67. The second-order valence-corrected chi connectivity index (χ2v) is 6.94. The highest BCUT2D eigenvalue weighted by atomic mass is 16.2. The minimum atomic E-state index is 0.0618. The molecule has 2 N–H and O–H groups in total. The van der Waals surface area contributed by atoms with Gasteiger partial charge >= 0.3 is 0 Å². The zero-order chi connectivity index (χ0) is 18.4. The average Bonchev–Trinajstić information content (AvgIpc) is 2.53. The van der Waals surface area contributed by atoms with Gasteiger partial charge in [-0.05, 0) is 56.2 Å². The Morgan fingerprint density at radius 1 is 1.04 bits per heavy atom.